The van der Waals surface area contributed by atoms with Crippen molar-refractivity contribution in [1.29, 1.82) is 0 Å². The van der Waals surface area contributed by atoms with E-state index < -0.39 is 6.36 Å². The predicted octanol–water partition coefficient (Wildman–Crippen LogP) is 3.48. The summed E-state index contributed by atoms with van der Waals surface area (Å²) in [6.07, 6.45) is -1.37. The second-order valence-corrected chi connectivity index (χ2v) is 2.90. The average molecular weight is 215 g/mol. The van der Waals surface area contributed by atoms with Crippen LogP contribution in [0.1, 0.15) is 18.1 Å². The van der Waals surface area contributed by atoms with Crippen LogP contribution in [0.4, 0.5) is 13.2 Å². The SMILES string of the molecule is C=[C]c1cc(OC(F)(F)F)ccc1CC. The zero-order valence-corrected chi connectivity index (χ0v) is 8.19. The summed E-state index contributed by atoms with van der Waals surface area (Å²) in [4.78, 5) is 0. The standard InChI is InChI=1S/C11H10F3O/c1-3-8-5-6-10(7-9(8)4-2)15-11(12,13)14/h5-7H,2-3H2,1H3. The molecule has 0 aromatic heterocycles. The summed E-state index contributed by atoms with van der Waals surface area (Å²) in [5.74, 6) is -0.245. The monoisotopic (exact) mass is 215 g/mol. The second kappa shape index (κ2) is 4.38. The molecular weight excluding hydrogens is 205 g/mol. The van der Waals surface area contributed by atoms with Gasteiger partial charge in [0.15, 0.2) is 0 Å². The van der Waals surface area contributed by atoms with E-state index >= 15 is 0 Å². The molecule has 4 heteroatoms. The van der Waals surface area contributed by atoms with E-state index in [1.54, 1.807) is 6.07 Å². The maximum Gasteiger partial charge on any atom is 0.573 e. The number of hydrogen-bond donors (Lipinski definition) is 0. The Balaban J connectivity index is 2.98. The van der Waals surface area contributed by atoms with Gasteiger partial charge in [0, 0.05) is 0 Å². The first-order chi connectivity index (χ1) is 6.96. The molecule has 0 fully saturated rings. The second-order valence-electron chi connectivity index (χ2n) is 2.90. The van der Waals surface area contributed by atoms with Crippen LogP contribution in [0.15, 0.2) is 24.8 Å². The van der Waals surface area contributed by atoms with Crippen LogP contribution in [0.25, 0.3) is 0 Å². The largest absolute Gasteiger partial charge is 0.573 e. The molecule has 0 bridgehead atoms. The molecule has 15 heavy (non-hydrogen) atoms. The molecule has 0 amide bonds. The molecule has 0 spiro atoms. The third kappa shape index (κ3) is 3.31. The third-order valence-electron chi connectivity index (χ3n) is 1.89. The zero-order chi connectivity index (χ0) is 11.5. The number of halogens is 3. The number of benzene rings is 1. The fraction of sp³-hybridized carbons (Fsp3) is 0.273. The van der Waals surface area contributed by atoms with Gasteiger partial charge < -0.3 is 4.74 Å². The molecule has 81 valence electrons. The molecule has 0 atom stereocenters. The molecule has 1 nitrogen and oxygen atoms in total. The predicted molar refractivity (Wildman–Crippen MR) is 50.5 cm³/mol. The van der Waals surface area contributed by atoms with Crippen molar-refractivity contribution in [3.63, 3.8) is 0 Å². The van der Waals surface area contributed by atoms with Crippen molar-refractivity contribution in [3.8, 4) is 5.75 Å². The molecule has 0 aliphatic rings. The van der Waals surface area contributed by atoms with Crippen molar-refractivity contribution < 1.29 is 17.9 Å². The Hall–Kier alpha value is -1.45. The number of alkyl halides is 3. The number of aryl methyl sites for hydroxylation is 1. The Morgan fingerprint density at radius 2 is 2.07 bits per heavy atom. The lowest BCUT2D eigenvalue weighted by Crippen LogP contribution is -2.17. The molecule has 0 unspecified atom stereocenters. The first-order valence-corrected chi connectivity index (χ1v) is 4.38. The summed E-state index contributed by atoms with van der Waals surface area (Å²) in [6, 6.07) is 4.14. The Morgan fingerprint density at radius 3 is 2.53 bits per heavy atom. The van der Waals surface area contributed by atoms with Gasteiger partial charge in [0.05, 0.1) is 0 Å². The van der Waals surface area contributed by atoms with Crippen LogP contribution < -0.4 is 4.74 Å². The summed E-state index contributed by atoms with van der Waals surface area (Å²) < 4.78 is 39.5. The van der Waals surface area contributed by atoms with Crippen LogP contribution >= 0.6 is 0 Å². The number of hydrogen-bond acceptors (Lipinski definition) is 1. The van der Waals surface area contributed by atoms with Crippen molar-refractivity contribution in [2.45, 2.75) is 19.7 Å². The number of rotatable bonds is 3. The van der Waals surface area contributed by atoms with Gasteiger partial charge in [-0.1, -0.05) is 19.6 Å². The minimum atomic E-state index is -4.66. The van der Waals surface area contributed by atoms with E-state index in [1.165, 1.54) is 12.1 Å². The highest BCUT2D eigenvalue weighted by atomic mass is 19.4. The lowest BCUT2D eigenvalue weighted by molar-refractivity contribution is -0.274. The maximum absolute atomic E-state index is 11.9. The topological polar surface area (TPSA) is 9.23 Å². The van der Waals surface area contributed by atoms with Crippen molar-refractivity contribution in [1.82, 2.24) is 0 Å². The summed E-state index contributed by atoms with van der Waals surface area (Å²) in [5.41, 5.74) is 1.43. The highest BCUT2D eigenvalue weighted by molar-refractivity contribution is 5.39. The Bertz CT molecular complexity index is 355. The highest BCUT2D eigenvalue weighted by Crippen LogP contribution is 2.25. The summed E-state index contributed by atoms with van der Waals surface area (Å²) in [6.45, 7) is 5.32. The van der Waals surface area contributed by atoms with Gasteiger partial charge in [0.2, 0.25) is 0 Å². The highest BCUT2D eigenvalue weighted by Gasteiger charge is 2.31. The fourth-order valence-electron chi connectivity index (χ4n) is 1.23. The van der Waals surface area contributed by atoms with Crippen LogP contribution in [0, 0.1) is 6.08 Å². The minimum absolute atomic E-state index is 0.245. The zero-order valence-electron chi connectivity index (χ0n) is 8.19. The molecule has 1 aromatic carbocycles. The van der Waals surface area contributed by atoms with Crippen LogP contribution in [-0.2, 0) is 6.42 Å². The summed E-state index contributed by atoms with van der Waals surface area (Å²) in [5, 5.41) is 0. The van der Waals surface area contributed by atoms with Crippen molar-refractivity contribution >= 4 is 0 Å². The normalized spacial score (nSPS) is 11.2. The molecule has 0 aliphatic heterocycles. The smallest absolute Gasteiger partial charge is 0.406 e. The molecule has 1 aromatic rings. The molecule has 0 aliphatic carbocycles. The Kier molecular flexibility index (Phi) is 3.39. The van der Waals surface area contributed by atoms with Gasteiger partial charge in [-0.15, -0.1) is 13.2 Å². The summed E-state index contributed by atoms with van der Waals surface area (Å²) >= 11 is 0. The fourth-order valence-corrected chi connectivity index (χ4v) is 1.23. The first-order valence-electron chi connectivity index (χ1n) is 4.38. The van der Waals surface area contributed by atoms with Crippen molar-refractivity contribution in [3.05, 3.63) is 42.0 Å². The van der Waals surface area contributed by atoms with Gasteiger partial charge in [0.1, 0.15) is 5.75 Å². The Morgan fingerprint density at radius 1 is 1.40 bits per heavy atom. The average Bonchev–Trinajstić information content (AvgIpc) is 2.15. The van der Waals surface area contributed by atoms with E-state index in [2.05, 4.69) is 17.4 Å². The van der Waals surface area contributed by atoms with Crippen LogP contribution in [0.5, 0.6) is 5.75 Å². The molecule has 0 saturated heterocycles. The lowest BCUT2D eigenvalue weighted by atomic mass is 10.1. The summed E-state index contributed by atoms with van der Waals surface area (Å²) in [7, 11) is 0. The maximum atomic E-state index is 11.9. The van der Waals surface area contributed by atoms with E-state index in [1.807, 2.05) is 6.92 Å². The molecule has 0 heterocycles. The van der Waals surface area contributed by atoms with Gasteiger partial charge in [0.25, 0.3) is 0 Å². The van der Waals surface area contributed by atoms with Gasteiger partial charge in [-0.2, -0.15) is 0 Å². The van der Waals surface area contributed by atoms with Gasteiger partial charge in [-0.05, 0) is 35.8 Å². The number of ether oxygens (including phenoxy) is 1. The van der Waals surface area contributed by atoms with Crippen LogP contribution in [-0.4, -0.2) is 6.36 Å². The van der Waals surface area contributed by atoms with Crippen LogP contribution in [0.3, 0.4) is 0 Å². The quantitative estimate of drug-likeness (QED) is 0.750. The lowest BCUT2D eigenvalue weighted by Gasteiger charge is -2.10. The van der Waals surface area contributed by atoms with E-state index in [-0.39, 0.29) is 5.75 Å². The minimum Gasteiger partial charge on any atom is -0.406 e. The van der Waals surface area contributed by atoms with Crippen molar-refractivity contribution in [2.24, 2.45) is 0 Å². The first kappa shape index (κ1) is 11.6. The molecular formula is C11H10F3O. The van der Waals surface area contributed by atoms with E-state index in [0.29, 0.717) is 12.0 Å². The van der Waals surface area contributed by atoms with Gasteiger partial charge in [-0.25, -0.2) is 0 Å². The van der Waals surface area contributed by atoms with E-state index in [4.69, 9.17) is 0 Å². The van der Waals surface area contributed by atoms with E-state index in [9.17, 15) is 13.2 Å². The van der Waals surface area contributed by atoms with Crippen LogP contribution in [0.2, 0.25) is 0 Å². The molecule has 1 radical (unpaired) electrons. The molecule has 0 N–H and O–H groups in total. The van der Waals surface area contributed by atoms with Gasteiger partial charge >= 0.3 is 6.36 Å². The van der Waals surface area contributed by atoms with Gasteiger partial charge in [-0.3, -0.25) is 0 Å². The Labute approximate surface area is 86.2 Å². The van der Waals surface area contributed by atoms with Crippen molar-refractivity contribution in [2.75, 3.05) is 0 Å². The molecule has 1 rings (SSSR count). The van der Waals surface area contributed by atoms with E-state index in [0.717, 1.165) is 5.56 Å². The third-order valence-corrected chi connectivity index (χ3v) is 1.89. The molecule has 0 saturated carbocycles.